The number of nitrogens with zero attached hydrogens (tertiary/aromatic N) is 4. The number of aromatic nitrogens is 4. The Morgan fingerprint density at radius 2 is 2.19 bits per heavy atom. The fourth-order valence-electron chi connectivity index (χ4n) is 2.74. The average molecular weight is 380 g/mol. The van der Waals surface area contributed by atoms with Gasteiger partial charge in [0.25, 0.3) is 0 Å². The molecular formula is C19H14ClN5O2. The number of terminal acetylenes is 1. The molecule has 0 spiro atoms. The van der Waals surface area contributed by atoms with E-state index in [2.05, 4.69) is 26.3 Å². The van der Waals surface area contributed by atoms with Crippen LogP contribution in [0.25, 0.3) is 28.1 Å². The van der Waals surface area contributed by atoms with Crippen molar-refractivity contribution in [3.8, 4) is 23.9 Å². The van der Waals surface area contributed by atoms with E-state index in [0.717, 1.165) is 0 Å². The zero-order valence-electron chi connectivity index (χ0n) is 14.1. The largest absolute Gasteiger partial charge is 0.461 e. The van der Waals surface area contributed by atoms with Crippen molar-refractivity contribution in [2.45, 2.75) is 19.3 Å². The second kappa shape index (κ2) is 7.09. The first kappa shape index (κ1) is 17.1. The van der Waals surface area contributed by atoms with Crippen molar-refractivity contribution in [1.82, 2.24) is 19.6 Å². The summed E-state index contributed by atoms with van der Waals surface area (Å²) in [6.45, 7) is 0. The molecule has 134 valence electrons. The van der Waals surface area contributed by atoms with Gasteiger partial charge in [0.05, 0.1) is 22.2 Å². The van der Waals surface area contributed by atoms with Crippen LogP contribution in [0.15, 0.2) is 41.0 Å². The fourth-order valence-corrected chi connectivity index (χ4v) is 2.99. The molecule has 1 N–H and O–H groups in total. The second-order valence-electron chi connectivity index (χ2n) is 5.82. The first-order valence-corrected chi connectivity index (χ1v) is 8.67. The number of hydrogen-bond donors (Lipinski definition) is 1. The molecule has 8 heteroatoms. The average Bonchev–Trinajstić information content (AvgIpc) is 3.32. The normalized spacial score (nSPS) is 11.0. The Labute approximate surface area is 159 Å². The van der Waals surface area contributed by atoms with Crippen LogP contribution in [-0.4, -0.2) is 25.5 Å². The molecule has 0 aliphatic heterocycles. The molecule has 4 rings (SSSR count). The van der Waals surface area contributed by atoms with Crippen LogP contribution >= 0.6 is 11.6 Å². The number of furan rings is 1. The smallest absolute Gasteiger partial charge is 0.233 e. The lowest BCUT2D eigenvalue weighted by atomic mass is 10.2. The molecule has 0 fully saturated rings. The third kappa shape index (κ3) is 3.23. The van der Waals surface area contributed by atoms with E-state index in [0.29, 0.717) is 52.4 Å². The Morgan fingerprint density at radius 3 is 2.96 bits per heavy atom. The molecule has 0 atom stereocenters. The number of rotatable bonds is 5. The highest BCUT2D eigenvalue weighted by atomic mass is 35.5. The standard InChI is InChI=1S/C19H14ClN5O2/c1-2-3-4-10-15(26)22-19-21-13-8-5-7-12(20)16(13)18-23-17(24-25(18)19)14-9-6-11-27-14/h1,5-9,11H,3-4,10H2,(H,21,22,26). The van der Waals surface area contributed by atoms with Crippen molar-refractivity contribution < 1.29 is 9.21 Å². The molecule has 0 saturated carbocycles. The van der Waals surface area contributed by atoms with Crippen LogP contribution in [0.5, 0.6) is 0 Å². The number of nitrogens with one attached hydrogen (secondary N) is 1. The molecule has 0 bridgehead atoms. The van der Waals surface area contributed by atoms with Crippen LogP contribution in [0.2, 0.25) is 5.02 Å². The van der Waals surface area contributed by atoms with Gasteiger partial charge in [-0.05, 0) is 30.7 Å². The maximum absolute atomic E-state index is 12.2. The first-order valence-electron chi connectivity index (χ1n) is 8.29. The highest BCUT2D eigenvalue weighted by Crippen LogP contribution is 2.29. The first-order chi connectivity index (χ1) is 13.2. The number of anilines is 1. The lowest BCUT2D eigenvalue weighted by Gasteiger charge is -2.08. The summed E-state index contributed by atoms with van der Waals surface area (Å²) in [6.07, 6.45) is 8.20. The minimum absolute atomic E-state index is 0.199. The van der Waals surface area contributed by atoms with Gasteiger partial charge in [-0.1, -0.05) is 17.7 Å². The SMILES string of the molecule is C#CCCCC(=O)Nc1nc2cccc(Cl)c2c2nc(-c3ccco3)nn12. The highest BCUT2D eigenvalue weighted by Gasteiger charge is 2.18. The molecule has 0 radical (unpaired) electrons. The summed E-state index contributed by atoms with van der Waals surface area (Å²) < 4.78 is 6.84. The van der Waals surface area contributed by atoms with Crippen LogP contribution < -0.4 is 5.32 Å². The van der Waals surface area contributed by atoms with Crippen molar-refractivity contribution in [2.75, 3.05) is 5.32 Å². The van der Waals surface area contributed by atoms with Crippen molar-refractivity contribution in [3.05, 3.63) is 41.6 Å². The van der Waals surface area contributed by atoms with Gasteiger partial charge in [0.1, 0.15) is 0 Å². The third-order valence-electron chi connectivity index (χ3n) is 3.97. The third-order valence-corrected chi connectivity index (χ3v) is 4.28. The van der Waals surface area contributed by atoms with Gasteiger partial charge in [-0.25, -0.2) is 9.97 Å². The number of amides is 1. The molecule has 27 heavy (non-hydrogen) atoms. The number of fused-ring (bicyclic) bond motifs is 3. The Hall–Kier alpha value is -3.37. The van der Waals surface area contributed by atoms with Crippen molar-refractivity contribution in [2.24, 2.45) is 0 Å². The van der Waals surface area contributed by atoms with Crippen molar-refractivity contribution >= 4 is 40.0 Å². The molecule has 3 heterocycles. The number of unbranched alkanes of at least 4 members (excludes halogenated alkanes) is 1. The Bertz CT molecular complexity index is 1170. The molecule has 0 aliphatic carbocycles. The summed E-state index contributed by atoms with van der Waals surface area (Å²) in [5.41, 5.74) is 1.09. The van der Waals surface area contributed by atoms with Gasteiger partial charge in [0, 0.05) is 12.8 Å². The van der Waals surface area contributed by atoms with E-state index < -0.39 is 0 Å². The van der Waals surface area contributed by atoms with Gasteiger partial charge in [0.15, 0.2) is 11.4 Å². The molecule has 1 amide bonds. The quantitative estimate of drug-likeness (QED) is 0.419. The molecule has 1 aromatic carbocycles. The van der Waals surface area contributed by atoms with Crippen molar-refractivity contribution in [3.63, 3.8) is 0 Å². The molecule has 3 aromatic heterocycles. The summed E-state index contributed by atoms with van der Waals surface area (Å²) in [5.74, 6) is 3.46. The monoisotopic (exact) mass is 379 g/mol. The molecule has 7 nitrogen and oxygen atoms in total. The van der Waals surface area contributed by atoms with E-state index in [-0.39, 0.29) is 11.9 Å². The predicted molar refractivity (Wildman–Crippen MR) is 102 cm³/mol. The summed E-state index contributed by atoms with van der Waals surface area (Å²) in [4.78, 5) is 21.3. The van der Waals surface area contributed by atoms with Gasteiger partial charge in [0.2, 0.25) is 17.7 Å². The van der Waals surface area contributed by atoms with Gasteiger partial charge < -0.3 is 4.42 Å². The minimum atomic E-state index is -0.199. The van der Waals surface area contributed by atoms with Gasteiger partial charge in [-0.3, -0.25) is 10.1 Å². The Morgan fingerprint density at radius 1 is 1.30 bits per heavy atom. The van der Waals surface area contributed by atoms with Crippen LogP contribution in [0.1, 0.15) is 19.3 Å². The Kier molecular flexibility index (Phi) is 4.48. The van der Waals surface area contributed by atoms with Gasteiger partial charge >= 0.3 is 0 Å². The summed E-state index contributed by atoms with van der Waals surface area (Å²) in [6, 6.07) is 8.85. The number of halogens is 1. The zero-order valence-corrected chi connectivity index (χ0v) is 14.9. The second-order valence-corrected chi connectivity index (χ2v) is 6.23. The number of hydrogen-bond acceptors (Lipinski definition) is 5. The number of carbonyl (C=O) groups is 1. The zero-order chi connectivity index (χ0) is 18.8. The summed E-state index contributed by atoms with van der Waals surface area (Å²) >= 11 is 6.36. The van der Waals surface area contributed by atoms with E-state index in [1.807, 2.05) is 0 Å². The van der Waals surface area contributed by atoms with Crippen LogP contribution in [0.3, 0.4) is 0 Å². The maximum Gasteiger partial charge on any atom is 0.233 e. The van der Waals surface area contributed by atoms with Crippen LogP contribution in [0, 0.1) is 12.3 Å². The van der Waals surface area contributed by atoms with E-state index in [4.69, 9.17) is 22.4 Å². The van der Waals surface area contributed by atoms with E-state index in [1.165, 1.54) is 4.52 Å². The van der Waals surface area contributed by atoms with Gasteiger partial charge in [-0.2, -0.15) is 4.52 Å². The lowest BCUT2D eigenvalue weighted by Crippen LogP contribution is -2.16. The summed E-state index contributed by atoms with van der Waals surface area (Å²) in [7, 11) is 0. The molecule has 0 saturated heterocycles. The molecule has 0 unspecified atom stereocenters. The molecule has 4 aromatic rings. The fraction of sp³-hybridized carbons (Fsp3) is 0.158. The summed E-state index contributed by atoms with van der Waals surface area (Å²) in [5, 5.41) is 8.37. The minimum Gasteiger partial charge on any atom is -0.461 e. The van der Waals surface area contributed by atoms with Crippen molar-refractivity contribution in [1.29, 1.82) is 0 Å². The number of carbonyl (C=O) groups excluding carboxylic acids is 1. The maximum atomic E-state index is 12.2. The van der Waals surface area contributed by atoms with E-state index in [9.17, 15) is 4.79 Å². The highest BCUT2D eigenvalue weighted by molar-refractivity contribution is 6.36. The predicted octanol–water partition coefficient (Wildman–Crippen LogP) is 3.93. The van der Waals surface area contributed by atoms with Crippen LogP contribution in [-0.2, 0) is 4.79 Å². The lowest BCUT2D eigenvalue weighted by molar-refractivity contribution is -0.116. The van der Waals surface area contributed by atoms with E-state index in [1.54, 1.807) is 36.6 Å². The Balaban J connectivity index is 1.84. The van der Waals surface area contributed by atoms with Crippen LogP contribution in [0.4, 0.5) is 5.95 Å². The number of benzene rings is 1. The van der Waals surface area contributed by atoms with Gasteiger partial charge in [-0.15, -0.1) is 17.4 Å². The topological polar surface area (TPSA) is 85.3 Å². The molecular weight excluding hydrogens is 366 g/mol. The van der Waals surface area contributed by atoms with E-state index >= 15 is 0 Å². The molecule has 0 aliphatic rings.